The Kier molecular flexibility index (Phi) is 2.54. The highest BCUT2D eigenvalue weighted by Gasteiger charge is 2.37. The van der Waals surface area contributed by atoms with Crippen molar-refractivity contribution in [2.45, 2.75) is 38.1 Å². The van der Waals surface area contributed by atoms with Crippen molar-refractivity contribution in [2.75, 3.05) is 0 Å². The molecule has 2 heteroatoms. The van der Waals surface area contributed by atoms with Crippen LogP contribution in [0.3, 0.4) is 0 Å². The lowest BCUT2D eigenvalue weighted by Crippen LogP contribution is -2.22. The maximum absolute atomic E-state index is 6.05. The average molecular weight is 210 g/mol. The van der Waals surface area contributed by atoms with E-state index in [1.54, 1.807) is 0 Å². The summed E-state index contributed by atoms with van der Waals surface area (Å²) in [6.07, 6.45) is 4.58. The summed E-state index contributed by atoms with van der Waals surface area (Å²) in [4.78, 5) is 0. The van der Waals surface area contributed by atoms with Gasteiger partial charge in [0.1, 0.15) is 0 Å². The van der Waals surface area contributed by atoms with E-state index in [-0.39, 0.29) is 5.54 Å². The normalized spacial score (nSPS) is 18.2. The first-order valence-electron chi connectivity index (χ1n) is 5.13. The fraction of sp³-hybridized carbons (Fsp3) is 0.500. The summed E-state index contributed by atoms with van der Waals surface area (Å²) in [7, 11) is 0. The third kappa shape index (κ3) is 2.28. The van der Waals surface area contributed by atoms with E-state index in [1.807, 2.05) is 12.1 Å². The van der Waals surface area contributed by atoms with E-state index < -0.39 is 0 Å². The Labute approximate surface area is 90.3 Å². The zero-order chi connectivity index (χ0) is 10.2. The minimum Gasteiger partial charge on any atom is -0.325 e. The van der Waals surface area contributed by atoms with Gasteiger partial charge in [0.15, 0.2) is 0 Å². The van der Waals surface area contributed by atoms with E-state index in [1.165, 1.54) is 24.0 Å². The Hall–Kier alpha value is -0.530. The summed E-state index contributed by atoms with van der Waals surface area (Å²) < 4.78 is 0. The highest BCUT2D eigenvalue weighted by atomic mass is 35.5. The summed E-state index contributed by atoms with van der Waals surface area (Å²) in [6, 6.07) is 6.09. The van der Waals surface area contributed by atoms with Crippen molar-refractivity contribution in [3.8, 4) is 0 Å². The predicted octanol–water partition coefficient (Wildman–Crippen LogP) is 3.07. The monoisotopic (exact) mass is 209 g/mol. The van der Waals surface area contributed by atoms with Crippen LogP contribution in [0.5, 0.6) is 0 Å². The molecule has 1 saturated carbocycles. The fourth-order valence-electron chi connectivity index (χ4n) is 1.73. The van der Waals surface area contributed by atoms with Gasteiger partial charge in [0.05, 0.1) is 0 Å². The smallest absolute Gasteiger partial charge is 0.0408 e. The Balaban J connectivity index is 2.02. The Morgan fingerprint density at radius 1 is 1.43 bits per heavy atom. The van der Waals surface area contributed by atoms with Crippen LogP contribution in [0, 0.1) is 6.92 Å². The molecule has 0 saturated heterocycles. The van der Waals surface area contributed by atoms with Crippen molar-refractivity contribution < 1.29 is 0 Å². The highest BCUT2D eigenvalue weighted by molar-refractivity contribution is 6.30. The molecule has 2 N–H and O–H groups in total. The van der Waals surface area contributed by atoms with Gasteiger partial charge < -0.3 is 5.73 Å². The van der Waals surface area contributed by atoms with Gasteiger partial charge in [0.2, 0.25) is 0 Å². The second-order valence-corrected chi connectivity index (χ2v) is 4.87. The van der Waals surface area contributed by atoms with Gasteiger partial charge in [-0.15, -0.1) is 0 Å². The number of benzene rings is 1. The van der Waals surface area contributed by atoms with Crippen LogP contribution in [0.1, 0.15) is 30.4 Å². The van der Waals surface area contributed by atoms with E-state index in [0.29, 0.717) is 0 Å². The predicted molar refractivity (Wildman–Crippen MR) is 60.7 cm³/mol. The summed E-state index contributed by atoms with van der Waals surface area (Å²) in [5, 5.41) is 0.820. The van der Waals surface area contributed by atoms with Crippen molar-refractivity contribution >= 4 is 11.6 Å². The van der Waals surface area contributed by atoms with Crippen LogP contribution in [-0.4, -0.2) is 5.54 Å². The molecule has 0 heterocycles. The Morgan fingerprint density at radius 2 is 2.14 bits per heavy atom. The average Bonchev–Trinajstić information content (AvgIpc) is 2.83. The number of halogens is 1. The van der Waals surface area contributed by atoms with Crippen LogP contribution in [-0.2, 0) is 6.42 Å². The molecule has 0 aliphatic heterocycles. The molecule has 0 atom stereocenters. The number of rotatable bonds is 3. The molecule has 1 aromatic carbocycles. The van der Waals surface area contributed by atoms with Gasteiger partial charge in [-0.05, 0) is 55.9 Å². The van der Waals surface area contributed by atoms with Gasteiger partial charge in [-0.25, -0.2) is 0 Å². The molecule has 1 aromatic rings. The molecular formula is C12H16ClN. The third-order valence-corrected chi connectivity index (χ3v) is 3.32. The second-order valence-electron chi connectivity index (χ2n) is 4.43. The zero-order valence-corrected chi connectivity index (χ0v) is 9.27. The van der Waals surface area contributed by atoms with Crippen LogP contribution >= 0.6 is 11.6 Å². The standard InChI is InChI=1S/C12H16ClN/c1-9-8-11(13)3-2-10(9)4-5-12(14)6-7-12/h2-3,8H,4-7,14H2,1H3. The van der Waals surface area contributed by atoms with Crippen molar-refractivity contribution in [2.24, 2.45) is 5.73 Å². The van der Waals surface area contributed by atoms with Crippen molar-refractivity contribution in [1.82, 2.24) is 0 Å². The van der Waals surface area contributed by atoms with Crippen molar-refractivity contribution in [3.05, 3.63) is 34.3 Å². The lowest BCUT2D eigenvalue weighted by Gasteiger charge is -2.10. The van der Waals surface area contributed by atoms with E-state index in [9.17, 15) is 0 Å². The van der Waals surface area contributed by atoms with E-state index in [4.69, 9.17) is 17.3 Å². The first-order chi connectivity index (χ1) is 6.59. The van der Waals surface area contributed by atoms with E-state index in [2.05, 4.69) is 13.0 Å². The fourth-order valence-corrected chi connectivity index (χ4v) is 1.96. The summed E-state index contributed by atoms with van der Waals surface area (Å²) in [5.41, 5.74) is 8.87. The van der Waals surface area contributed by atoms with Crippen molar-refractivity contribution in [3.63, 3.8) is 0 Å². The van der Waals surface area contributed by atoms with E-state index >= 15 is 0 Å². The van der Waals surface area contributed by atoms with Gasteiger partial charge in [-0.3, -0.25) is 0 Å². The van der Waals surface area contributed by atoms with Crippen LogP contribution < -0.4 is 5.73 Å². The molecule has 0 amide bonds. The topological polar surface area (TPSA) is 26.0 Å². The number of nitrogens with two attached hydrogens (primary N) is 1. The second kappa shape index (κ2) is 3.56. The molecule has 1 fully saturated rings. The molecule has 2 rings (SSSR count). The summed E-state index contributed by atoms with van der Waals surface area (Å²) in [5.74, 6) is 0. The molecule has 0 bridgehead atoms. The SMILES string of the molecule is Cc1cc(Cl)ccc1CCC1(N)CC1. The quantitative estimate of drug-likeness (QED) is 0.814. The summed E-state index contributed by atoms with van der Waals surface area (Å²) in [6.45, 7) is 2.11. The van der Waals surface area contributed by atoms with Crippen LogP contribution in [0.25, 0.3) is 0 Å². The highest BCUT2D eigenvalue weighted by Crippen LogP contribution is 2.36. The number of hydrogen-bond acceptors (Lipinski definition) is 1. The Bertz CT molecular complexity index is 342. The van der Waals surface area contributed by atoms with Crippen LogP contribution in [0.15, 0.2) is 18.2 Å². The molecule has 76 valence electrons. The largest absolute Gasteiger partial charge is 0.325 e. The van der Waals surface area contributed by atoms with Gasteiger partial charge in [0, 0.05) is 10.6 Å². The lowest BCUT2D eigenvalue weighted by atomic mass is 10.0. The minimum atomic E-state index is 0.159. The zero-order valence-electron chi connectivity index (χ0n) is 8.52. The van der Waals surface area contributed by atoms with E-state index in [0.717, 1.165) is 17.9 Å². The number of aryl methyl sites for hydroxylation is 2. The first-order valence-corrected chi connectivity index (χ1v) is 5.51. The van der Waals surface area contributed by atoms with Crippen LogP contribution in [0.2, 0.25) is 5.02 Å². The lowest BCUT2D eigenvalue weighted by molar-refractivity contribution is 0.608. The molecule has 0 aromatic heterocycles. The van der Waals surface area contributed by atoms with Gasteiger partial charge in [0.25, 0.3) is 0 Å². The Morgan fingerprint density at radius 3 is 2.71 bits per heavy atom. The molecule has 14 heavy (non-hydrogen) atoms. The molecule has 1 aliphatic carbocycles. The molecular weight excluding hydrogens is 194 g/mol. The third-order valence-electron chi connectivity index (χ3n) is 3.09. The maximum Gasteiger partial charge on any atom is 0.0408 e. The minimum absolute atomic E-state index is 0.159. The van der Waals surface area contributed by atoms with Crippen molar-refractivity contribution in [1.29, 1.82) is 0 Å². The van der Waals surface area contributed by atoms with Gasteiger partial charge in [-0.2, -0.15) is 0 Å². The molecule has 0 spiro atoms. The molecule has 0 unspecified atom stereocenters. The van der Waals surface area contributed by atoms with Crippen LogP contribution in [0.4, 0.5) is 0 Å². The van der Waals surface area contributed by atoms with Gasteiger partial charge >= 0.3 is 0 Å². The van der Waals surface area contributed by atoms with Gasteiger partial charge in [-0.1, -0.05) is 17.7 Å². The molecule has 1 aliphatic rings. The maximum atomic E-state index is 6.05. The molecule has 1 nitrogen and oxygen atoms in total. The summed E-state index contributed by atoms with van der Waals surface area (Å²) >= 11 is 5.89. The number of hydrogen-bond donors (Lipinski definition) is 1. The first kappa shape index (κ1) is 10.0. The molecule has 0 radical (unpaired) electrons.